The van der Waals surface area contributed by atoms with Crippen molar-refractivity contribution in [3.63, 3.8) is 0 Å². The zero-order chi connectivity index (χ0) is 11.5. The second-order valence-corrected chi connectivity index (χ2v) is 3.84. The number of ether oxygens (including phenoxy) is 2. The third-order valence-electron chi connectivity index (χ3n) is 2.39. The molecule has 1 saturated heterocycles. The van der Waals surface area contributed by atoms with Gasteiger partial charge in [-0.05, 0) is 12.1 Å². The number of cyclic esters (lactones) is 1. The molecular weight excluding hydrogens is 232 g/mol. The van der Waals surface area contributed by atoms with Crippen LogP contribution in [0.3, 0.4) is 0 Å². The molecule has 1 aromatic rings. The fourth-order valence-corrected chi connectivity index (χ4v) is 1.77. The van der Waals surface area contributed by atoms with Crippen molar-refractivity contribution in [3.8, 4) is 5.75 Å². The highest BCUT2D eigenvalue weighted by molar-refractivity contribution is 6.31. The first-order chi connectivity index (χ1) is 7.72. The normalized spacial score (nSPS) is 19.6. The highest BCUT2D eigenvalue weighted by Crippen LogP contribution is 2.28. The summed E-state index contributed by atoms with van der Waals surface area (Å²) in [5.41, 5.74) is 0.490. The van der Waals surface area contributed by atoms with E-state index >= 15 is 0 Å². The van der Waals surface area contributed by atoms with Gasteiger partial charge in [-0.3, -0.25) is 0 Å². The largest absolute Gasteiger partial charge is 0.478 e. The van der Waals surface area contributed by atoms with E-state index in [9.17, 15) is 4.79 Å². The van der Waals surface area contributed by atoms with Crippen molar-refractivity contribution >= 4 is 17.6 Å². The van der Waals surface area contributed by atoms with Crippen LogP contribution < -0.4 is 4.74 Å². The first-order valence-electron chi connectivity index (χ1n) is 4.94. The number of aliphatic hydroxyl groups is 1. The lowest BCUT2D eigenvalue weighted by Crippen LogP contribution is -2.22. The maximum Gasteiger partial charge on any atom is 0.347 e. The van der Waals surface area contributed by atoms with Crippen molar-refractivity contribution in [1.82, 2.24) is 0 Å². The summed E-state index contributed by atoms with van der Waals surface area (Å²) in [7, 11) is 0. The van der Waals surface area contributed by atoms with Crippen LogP contribution in [0, 0.1) is 0 Å². The van der Waals surface area contributed by atoms with Gasteiger partial charge in [-0.15, -0.1) is 0 Å². The van der Waals surface area contributed by atoms with Crippen LogP contribution in [0.5, 0.6) is 5.75 Å². The zero-order valence-electron chi connectivity index (χ0n) is 8.48. The lowest BCUT2D eigenvalue weighted by Gasteiger charge is -2.13. The smallest absolute Gasteiger partial charge is 0.347 e. The molecule has 1 aliphatic heterocycles. The van der Waals surface area contributed by atoms with Gasteiger partial charge in [0.15, 0.2) is 6.10 Å². The molecule has 16 heavy (non-hydrogen) atoms. The van der Waals surface area contributed by atoms with Crippen LogP contribution >= 0.6 is 11.6 Å². The summed E-state index contributed by atoms with van der Waals surface area (Å²) in [6.07, 6.45) is -0.0697. The Bertz CT molecular complexity index is 405. The molecule has 0 aromatic heterocycles. The predicted molar refractivity (Wildman–Crippen MR) is 57.4 cm³/mol. The molecule has 0 bridgehead atoms. The molecule has 1 aliphatic rings. The van der Waals surface area contributed by atoms with Crippen LogP contribution in [0.4, 0.5) is 0 Å². The third kappa shape index (κ3) is 2.13. The number of rotatable bonds is 3. The van der Waals surface area contributed by atoms with E-state index in [0.29, 0.717) is 29.4 Å². The van der Waals surface area contributed by atoms with E-state index in [1.807, 2.05) is 0 Å². The number of hydrogen-bond donors (Lipinski definition) is 1. The number of esters is 1. The molecule has 1 atom stereocenters. The molecule has 2 rings (SSSR count). The summed E-state index contributed by atoms with van der Waals surface area (Å²) in [4.78, 5) is 11.2. The van der Waals surface area contributed by atoms with Gasteiger partial charge in [0.1, 0.15) is 5.75 Å². The number of carbonyl (C=O) groups is 1. The van der Waals surface area contributed by atoms with Gasteiger partial charge in [0, 0.05) is 17.0 Å². The Kier molecular flexibility index (Phi) is 3.31. The lowest BCUT2D eigenvalue weighted by atomic mass is 10.2. The maximum atomic E-state index is 11.2. The van der Waals surface area contributed by atoms with Crippen molar-refractivity contribution in [3.05, 3.63) is 28.8 Å². The van der Waals surface area contributed by atoms with Crippen molar-refractivity contribution in [2.75, 3.05) is 6.61 Å². The summed E-state index contributed by atoms with van der Waals surface area (Å²) in [6, 6.07) is 5.03. The Labute approximate surface area is 97.7 Å². The summed E-state index contributed by atoms with van der Waals surface area (Å²) >= 11 is 5.90. The molecule has 0 spiro atoms. The topological polar surface area (TPSA) is 55.8 Å². The van der Waals surface area contributed by atoms with E-state index in [2.05, 4.69) is 0 Å². The van der Waals surface area contributed by atoms with Crippen LogP contribution in [0.15, 0.2) is 18.2 Å². The monoisotopic (exact) mass is 242 g/mol. The van der Waals surface area contributed by atoms with E-state index in [1.54, 1.807) is 18.2 Å². The Morgan fingerprint density at radius 1 is 1.56 bits per heavy atom. The summed E-state index contributed by atoms with van der Waals surface area (Å²) < 4.78 is 10.3. The Balaban J connectivity index is 2.20. The number of halogens is 1. The minimum Gasteiger partial charge on any atom is -0.478 e. The van der Waals surface area contributed by atoms with Gasteiger partial charge in [0.25, 0.3) is 0 Å². The summed E-state index contributed by atoms with van der Waals surface area (Å²) in [5, 5.41) is 9.58. The molecule has 1 aromatic carbocycles. The molecule has 1 fully saturated rings. The molecule has 1 unspecified atom stereocenters. The van der Waals surface area contributed by atoms with Gasteiger partial charge in [-0.25, -0.2) is 4.79 Å². The number of aliphatic hydroxyl groups excluding tert-OH is 1. The molecule has 86 valence electrons. The van der Waals surface area contributed by atoms with Gasteiger partial charge in [-0.1, -0.05) is 17.7 Å². The number of carbonyl (C=O) groups excluding carboxylic acids is 1. The van der Waals surface area contributed by atoms with E-state index in [-0.39, 0.29) is 12.6 Å². The summed E-state index contributed by atoms with van der Waals surface area (Å²) in [5.74, 6) is 0.0581. The van der Waals surface area contributed by atoms with Crippen LogP contribution in [0.1, 0.15) is 12.0 Å². The van der Waals surface area contributed by atoms with E-state index < -0.39 is 6.10 Å². The molecule has 0 aliphatic carbocycles. The lowest BCUT2D eigenvalue weighted by molar-refractivity contribution is -0.143. The molecule has 1 heterocycles. The highest BCUT2D eigenvalue weighted by atomic mass is 35.5. The Morgan fingerprint density at radius 3 is 3.00 bits per heavy atom. The minimum absolute atomic E-state index is 0.225. The average molecular weight is 243 g/mol. The average Bonchev–Trinajstić information content (AvgIpc) is 2.65. The zero-order valence-corrected chi connectivity index (χ0v) is 9.24. The quantitative estimate of drug-likeness (QED) is 0.817. The molecule has 0 saturated carbocycles. The maximum absolute atomic E-state index is 11.2. The van der Waals surface area contributed by atoms with Crippen molar-refractivity contribution in [2.24, 2.45) is 0 Å². The highest BCUT2D eigenvalue weighted by Gasteiger charge is 2.29. The molecule has 1 N–H and O–H groups in total. The Morgan fingerprint density at radius 2 is 2.38 bits per heavy atom. The molecule has 4 nitrogen and oxygen atoms in total. The predicted octanol–water partition coefficient (Wildman–Crippen LogP) is 1.53. The van der Waals surface area contributed by atoms with Gasteiger partial charge in [0.05, 0.1) is 13.2 Å². The third-order valence-corrected chi connectivity index (χ3v) is 2.74. The van der Waals surface area contributed by atoms with Crippen LogP contribution in [0.2, 0.25) is 5.02 Å². The van der Waals surface area contributed by atoms with Crippen molar-refractivity contribution in [1.29, 1.82) is 0 Å². The summed E-state index contributed by atoms with van der Waals surface area (Å²) in [6.45, 7) is 0.148. The second kappa shape index (κ2) is 4.72. The van der Waals surface area contributed by atoms with Gasteiger partial charge in [0.2, 0.25) is 0 Å². The number of hydrogen-bond acceptors (Lipinski definition) is 4. The first-order valence-corrected chi connectivity index (χ1v) is 5.31. The van der Waals surface area contributed by atoms with Gasteiger partial charge >= 0.3 is 5.97 Å². The molecule has 0 radical (unpaired) electrons. The fourth-order valence-electron chi connectivity index (χ4n) is 1.54. The molecule has 5 heteroatoms. The first kappa shape index (κ1) is 11.2. The fraction of sp³-hybridized carbons (Fsp3) is 0.364. The molecule has 0 amide bonds. The van der Waals surface area contributed by atoms with E-state index in [0.717, 1.165) is 0 Å². The molecular formula is C11H11ClO4. The van der Waals surface area contributed by atoms with E-state index in [4.69, 9.17) is 26.2 Å². The van der Waals surface area contributed by atoms with Crippen LogP contribution in [-0.2, 0) is 16.1 Å². The number of benzene rings is 1. The van der Waals surface area contributed by atoms with Crippen LogP contribution in [-0.4, -0.2) is 23.8 Å². The second-order valence-electron chi connectivity index (χ2n) is 3.44. The van der Waals surface area contributed by atoms with Crippen LogP contribution in [0.25, 0.3) is 0 Å². The Hall–Kier alpha value is -1.26. The van der Waals surface area contributed by atoms with Gasteiger partial charge < -0.3 is 14.6 Å². The standard InChI is InChI=1S/C11H11ClO4/c12-8-2-1-3-9(7(8)6-13)16-10-4-5-15-11(10)14/h1-3,10,13H,4-6H2. The van der Waals surface area contributed by atoms with Crippen molar-refractivity contribution in [2.45, 2.75) is 19.1 Å². The van der Waals surface area contributed by atoms with E-state index in [1.165, 1.54) is 0 Å². The van der Waals surface area contributed by atoms with Gasteiger partial charge in [-0.2, -0.15) is 0 Å². The minimum atomic E-state index is -0.594. The SMILES string of the molecule is O=C1OCCC1Oc1cccc(Cl)c1CO. The van der Waals surface area contributed by atoms with Crippen molar-refractivity contribution < 1.29 is 19.4 Å².